The molecule has 3 aromatic rings. The number of fused-ring (bicyclic) bond motifs is 3. The molecule has 0 spiro atoms. The highest BCUT2D eigenvalue weighted by atomic mass is 35.5. The molecule has 0 saturated carbocycles. The largest absolute Gasteiger partial charge is 0.416 e. The molecule has 2 N–H and O–H groups in total. The van der Waals surface area contributed by atoms with Gasteiger partial charge in [0.25, 0.3) is 0 Å². The molecule has 1 fully saturated rings. The fourth-order valence-electron chi connectivity index (χ4n) is 5.53. The second-order valence-electron chi connectivity index (χ2n) is 10.5. The topological polar surface area (TPSA) is 132 Å². The molecule has 5 heterocycles. The van der Waals surface area contributed by atoms with Gasteiger partial charge in [0.15, 0.2) is 5.82 Å². The van der Waals surface area contributed by atoms with Crippen LogP contribution in [0.4, 0.5) is 23.7 Å². The number of benzene rings is 1. The van der Waals surface area contributed by atoms with E-state index in [0.29, 0.717) is 51.5 Å². The lowest BCUT2D eigenvalue weighted by molar-refractivity contribution is -0.137. The Kier molecular flexibility index (Phi) is 7.64. The Labute approximate surface area is 247 Å². The molecule has 16 heteroatoms. The third-order valence-corrected chi connectivity index (χ3v) is 8.02. The molecule has 0 aliphatic carbocycles. The Bertz CT molecular complexity index is 1700. The molecular weight excluding hydrogens is 595 g/mol. The zero-order valence-electron chi connectivity index (χ0n) is 22.9. The maximum absolute atomic E-state index is 13.8. The van der Waals surface area contributed by atoms with Gasteiger partial charge in [-0.1, -0.05) is 24.6 Å². The van der Waals surface area contributed by atoms with E-state index < -0.39 is 41.3 Å². The predicted octanol–water partition coefficient (Wildman–Crippen LogP) is 3.46. The Hall–Kier alpha value is -3.95. The van der Waals surface area contributed by atoms with Gasteiger partial charge in [-0.2, -0.15) is 22.7 Å². The van der Waals surface area contributed by atoms with E-state index >= 15 is 0 Å². The molecule has 3 aliphatic heterocycles. The lowest BCUT2D eigenvalue weighted by atomic mass is 10.0. The van der Waals surface area contributed by atoms with Crippen molar-refractivity contribution >= 4 is 40.6 Å². The number of hydrogen-bond donors (Lipinski definition) is 2. The third kappa shape index (κ3) is 5.47. The molecule has 0 radical (unpaired) electrons. The summed E-state index contributed by atoms with van der Waals surface area (Å²) in [5.74, 6) is -0.974. The van der Waals surface area contributed by atoms with E-state index in [0.717, 1.165) is 28.3 Å². The van der Waals surface area contributed by atoms with Crippen LogP contribution in [0, 0.1) is 0 Å². The molecule has 2 atom stereocenters. The number of carbonyl (C=O) groups excluding carboxylic acids is 2. The number of nitrogens with one attached hydrogen (secondary N) is 2. The van der Waals surface area contributed by atoms with Gasteiger partial charge in [-0.05, 0) is 36.6 Å². The van der Waals surface area contributed by atoms with Crippen LogP contribution < -0.4 is 20.9 Å². The van der Waals surface area contributed by atoms with Gasteiger partial charge >= 0.3 is 17.8 Å². The van der Waals surface area contributed by atoms with Crippen molar-refractivity contribution in [1.82, 2.24) is 29.4 Å². The maximum atomic E-state index is 13.8. The van der Waals surface area contributed by atoms with Crippen LogP contribution in [0.15, 0.2) is 29.1 Å². The second-order valence-corrected chi connectivity index (χ2v) is 10.9. The minimum Gasteiger partial charge on any atom is -0.402 e. The molecule has 0 unspecified atom stereocenters. The molecule has 1 aromatic carbocycles. The Balaban J connectivity index is 1.43. The van der Waals surface area contributed by atoms with Gasteiger partial charge in [-0.3, -0.25) is 14.2 Å². The van der Waals surface area contributed by atoms with Crippen molar-refractivity contribution < 1.29 is 32.2 Å². The number of nitrogens with zero attached hydrogens (tertiary/aromatic N) is 5. The summed E-state index contributed by atoms with van der Waals surface area (Å²) in [7, 11) is 0. The summed E-state index contributed by atoms with van der Waals surface area (Å²) in [5, 5.41) is 9.88. The molecule has 2 aromatic heterocycles. The van der Waals surface area contributed by atoms with Gasteiger partial charge in [-0.15, -0.1) is 5.10 Å². The smallest absolute Gasteiger partial charge is 0.402 e. The summed E-state index contributed by atoms with van der Waals surface area (Å²) in [5.41, 5.74) is -0.623. The van der Waals surface area contributed by atoms with Gasteiger partial charge < -0.3 is 25.0 Å². The van der Waals surface area contributed by atoms with E-state index in [-0.39, 0.29) is 34.5 Å². The van der Waals surface area contributed by atoms with Crippen molar-refractivity contribution in [3.05, 3.63) is 56.7 Å². The highest BCUT2D eigenvalue weighted by Crippen LogP contribution is 2.42. The summed E-state index contributed by atoms with van der Waals surface area (Å²) >= 11 is 6.10. The van der Waals surface area contributed by atoms with Crippen molar-refractivity contribution in [2.24, 2.45) is 0 Å². The summed E-state index contributed by atoms with van der Waals surface area (Å²) in [6, 6.07) is 1.65. The molecule has 0 bridgehead atoms. The summed E-state index contributed by atoms with van der Waals surface area (Å²) in [6.07, 6.45) is -2.81. The van der Waals surface area contributed by atoms with Crippen molar-refractivity contribution in [3.63, 3.8) is 0 Å². The molecule has 6 rings (SSSR count). The van der Waals surface area contributed by atoms with E-state index in [1.165, 1.54) is 9.47 Å². The zero-order chi connectivity index (χ0) is 30.5. The van der Waals surface area contributed by atoms with Crippen LogP contribution >= 0.6 is 11.6 Å². The summed E-state index contributed by atoms with van der Waals surface area (Å²) in [6.45, 7) is 4.50. The first-order chi connectivity index (χ1) is 20.5. The fourth-order valence-corrected chi connectivity index (χ4v) is 5.76. The van der Waals surface area contributed by atoms with E-state index in [1.807, 2.05) is 0 Å². The van der Waals surface area contributed by atoms with E-state index in [1.54, 1.807) is 13.0 Å². The number of piperazine rings is 1. The van der Waals surface area contributed by atoms with Crippen molar-refractivity contribution in [3.8, 4) is 5.75 Å². The highest BCUT2D eigenvalue weighted by molar-refractivity contribution is 6.33. The summed E-state index contributed by atoms with van der Waals surface area (Å²) < 4.78 is 53.0. The van der Waals surface area contributed by atoms with Crippen LogP contribution in [0.25, 0.3) is 11.4 Å². The number of anilines is 1. The van der Waals surface area contributed by atoms with Crippen molar-refractivity contribution in [2.45, 2.75) is 37.9 Å². The molecule has 2 amide bonds. The fraction of sp³-hybridized carbons (Fsp3) is 0.444. The third-order valence-electron chi connectivity index (χ3n) is 7.71. The van der Waals surface area contributed by atoms with Crippen molar-refractivity contribution in [1.29, 1.82) is 0 Å². The quantitative estimate of drug-likeness (QED) is 0.453. The van der Waals surface area contributed by atoms with E-state index in [2.05, 4.69) is 20.7 Å². The number of amides is 2. The normalized spacial score (nSPS) is 20.6. The SMILES string of the molecule is C[C@@H]1C[C@H](C(=O)Nc2ccc(C(F)(F)F)cc2Cl)n2c1c(OC(=O)N1CCNCC1)c(=O)n1nc(C3=CCOCC3)nc21. The van der Waals surface area contributed by atoms with Crippen LogP contribution in [0.3, 0.4) is 0 Å². The standard InChI is InChI=1S/C27H27ClF3N7O5/c1-14-12-19(23(39)33-18-3-2-16(13-17(18)28)27(29,30)31)37-20(14)21(43-26(41)36-8-6-32-7-9-36)24(40)38-25(37)34-22(35-38)15-4-10-42-11-5-15/h2-4,13-14,19,32H,5-12H2,1H3,(H,33,39)/t14-,19-/m1/s1. The first-order valence-corrected chi connectivity index (χ1v) is 14.1. The second kappa shape index (κ2) is 11.3. The average molecular weight is 622 g/mol. The van der Waals surface area contributed by atoms with Crippen molar-refractivity contribution in [2.75, 3.05) is 44.7 Å². The maximum Gasteiger partial charge on any atom is 0.416 e. The van der Waals surface area contributed by atoms with E-state index in [9.17, 15) is 27.6 Å². The monoisotopic (exact) mass is 621 g/mol. The van der Waals surface area contributed by atoms with Gasteiger partial charge in [0.2, 0.25) is 17.4 Å². The number of halogens is 4. The van der Waals surface area contributed by atoms with Gasteiger partial charge in [0.05, 0.1) is 35.2 Å². The van der Waals surface area contributed by atoms with Gasteiger partial charge in [-0.25, -0.2) is 4.79 Å². The van der Waals surface area contributed by atoms with Gasteiger partial charge in [0, 0.05) is 32.1 Å². The van der Waals surface area contributed by atoms with Crippen LogP contribution in [0.1, 0.15) is 48.8 Å². The van der Waals surface area contributed by atoms with Crippen LogP contribution in [0.5, 0.6) is 5.75 Å². The zero-order valence-corrected chi connectivity index (χ0v) is 23.7. The number of hydrogen-bond acceptors (Lipinski definition) is 8. The Morgan fingerprint density at radius 1 is 1.23 bits per heavy atom. The average Bonchev–Trinajstić information content (AvgIpc) is 3.58. The minimum atomic E-state index is -4.60. The lowest BCUT2D eigenvalue weighted by Gasteiger charge is -2.26. The number of rotatable bonds is 4. The Morgan fingerprint density at radius 2 is 2.00 bits per heavy atom. The van der Waals surface area contributed by atoms with E-state index in [4.69, 9.17) is 21.1 Å². The minimum absolute atomic E-state index is 0.0160. The molecule has 43 heavy (non-hydrogen) atoms. The first kappa shape index (κ1) is 29.1. The van der Waals surface area contributed by atoms with Crippen LogP contribution in [-0.4, -0.2) is 75.5 Å². The number of aromatic nitrogens is 4. The lowest BCUT2D eigenvalue weighted by Crippen LogP contribution is -2.48. The highest BCUT2D eigenvalue weighted by Gasteiger charge is 2.40. The summed E-state index contributed by atoms with van der Waals surface area (Å²) in [4.78, 5) is 46.6. The molecular formula is C27H27ClF3N7O5. The molecule has 1 saturated heterocycles. The molecule has 12 nitrogen and oxygen atoms in total. The Morgan fingerprint density at radius 3 is 2.67 bits per heavy atom. The van der Waals surface area contributed by atoms with Crippen LogP contribution in [-0.2, 0) is 15.7 Å². The number of ether oxygens (including phenoxy) is 2. The number of alkyl halides is 3. The number of carbonyl (C=O) groups is 2. The van der Waals surface area contributed by atoms with Gasteiger partial charge in [0.1, 0.15) is 6.04 Å². The molecule has 228 valence electrons. The predicted molar refractivity (Wildman–Crippen MR) is 148 cm³/mol. The van der Waals surface area contributed by atoms with Crippen LogP contribution in [0.2, 0.25) is 5.02 Å². The first-order valence-electron chi connectivity index (χ1n) is 13.7. The molecule has 3 aliphatic rings.